The van der Waals surface area contributed by atoms with Gasteiger partial charge in [-0.1, -0.05) is 24.3 Å². The Hall–Kier alpha value is -4.37. The number of phenolic OH excluding ortho intramolecular Hbond substituents is 1. The van der Waals surface area contributed by atoms with Gasteiger partial charge in [0, 0.05) is 29.7 Å². The average molecular weight is 531 g/mol. The molecule has 0 radical (unpaired) electrons. The summed E-state index contributed by atoms with van der Waals surface area (Å²) in [6.45, 7) is 6.77. The lowest BCUT2D eigenvalue weighted by molar-refractivity contribution is -0.142. The minimum Gasteiger partial charge on any atom is -0.507 e. The van der Waals surface area contributed by atoms with Crippen LogP contribution >= 0.6 is 0 Å². The Bertz CT molecular complexity index is 1510. The first-order chi connectivity index (χ1) is 18.7. The largest absolute Gasteiger partial charge is 0.507 e. The minimum atomic E-state index is -0.330. The molecule has 1 heterocycles. The Morgan fingerprint density at radius 3 is 2.62 bits per heavy atom. The molecule has 9 heteroatoms. The normalized spacial score (nSPS) is 11.2. The van der Waals surface area contributed by atoms with Crippen molar-refractivity contribution < 1.29 is 24.1 Å². The number of fused-ring (bicyclic) bond motifs is 1. The maximum Gasteiger partial charge on any atom is 0.310 e. The van der Waals surface area contributed by atoms with Crippen molar-refractivity contribution in [2.45, 2.75) is 46.4 Å². The fourth-order valence-corrected chi connectivity index (χ4v) is 4.55. The van der Waals surface area contributed by atoms with Gasteiger partial charge in [0.1, 0.15) is 29.6 Å². The van der Waals surface area contributed by atoms with E-state index in [1.54, 1.807) is 32.2 Å². The molecule has 1 aromatic heterocycles. The minimum absolute atomic E-state index is 0.0434. The summed E-state index contributed by atoms with van der Waals surface area (Å²) < 4.78 is 18.6. The average Bonchev–Trinajstić information content (AvgIpc) is 3.27. The number of aromatic hydroxyl groups is 1. The summed E-state index contributed by atoms with van der Waals surface area (Å²) in [7, 11) is 1.62. The van der Waals surface area contributed by atoms with Gasteiger partial charge in [-0.25, -0.2) is 0 Å². The number of ether oxygens (including phenoxy) is 3. The predicted molar refractivity (Wildman–Crippen MR) is 150 cm³/mol. The van der Waals surface area contributed by atoms with Crippen molar-refractivity contribution in [1.82, 2.24) is 9.78 Å². The van der Waals surface area contributed by atoms with E-state index in [2.05, 4.69) is 13.8 Å². The van der Waals surface area contributed by atoms with E-state index < -0.39 is 0 Å². The maximum atomic E-state index is 12.3. The van der Waals surface area contributed by atoms with Crippen LogP contribution in [-0.4, -0.2) is 40.4 Å². The van der Waals surface area contributed by atoms with Crippen molar-refractivity contribution in [1.29, 1.82) is 5.41 Å². The number of carbonyl (C=O) groups is 1. The third-order valence-corrected chi connectivity index (χ3v) is 6.35. The number of hydrogen-bond acceptors (Lipinski definition) is 7. The first-order valence-electron chi connectivity index (χ1n) is 12.8. The Kier molecular flexibility index (Phi) is 8.51. The first-order valence-corrected chi connectivity index (χ1v) is 12.8. The molecular weight excluding hydrogens is 496 g/mol. The third-order valence-electron chi connectivity index (χ3n) is 6.35. The lowest BCUT2D eigenvalue weighted by atomic mass is 9.99. The fraction of sp³-hybridized carbons (Fsp3) is 0.300. The van der Waals surface area contributed by atoms with Crippen LogP contribution in [0.2, 0.25) is 0 Å². The summed E-state index contributed by atoms with van der Waals surface area (Å²) in [4.78, 5) is 12.3. The van der Waals surface area contributed by atoms with Crippen LogP contribution in [0.25, 0.3) is 22.0 Å². The summed E-state index contributed by atoms with van der Waals surface area (Å²) in [6, 6.07) is 16.7. The lowest BCUT2D eigenvalue weighted by Gasteiger charge is -2.13. The van der Waals surface area contributed by atoms with Crippen LogP contribution in [0.5, 0.6) is 11.5 Å². The summed E-state index contributed by atoms with van der Waals surface area (Å²) >= 11 is 0. The second-order valence-electron chi connectivity index (χ2n) is 9.48. The third kappa shape index (κ3) is 6.04. The summed E-state index contributed by atoms with van der Waals surface area (Å²) in [6.07, 6.45) is 0.0812. The SMILES string of the molecule is CCOC(=O)Cc1cc(COC)ccc1OCc1nn(C(C)C)c2ccc(-c3cccc(C(=N)N)c3O)cc12. The molecule has 0 amide bonds. The van der Waals surface area contributed by atoms with Crippen molar-refractivity contribution >= 4 is 22.7 Å². The van der Waals surface area contributed by atoms with E-state index in [0.29, 0.717) is 35.8 Å². The molecule has 0 fully saturated rings. The zero-order chi connectivity index (χ0) is 28.1. The van der Waals surface area contributed by atoms with Crippen LogP contribution in [0.3, 0.4) is 0 Å². The lowest BCUT2D eigenvalue weighted by Crippen LogP contribution is -2.11. The molecule has 0 unspecified atom stereocenters. The molecule has 0 aliphatic rings. The Labute approximate surface area is 227 Å². The van der Waals surface area contributed by atoms with Crippen molar-refractivity contribution in [3.63, 3.8) is 0 Å². The molecule has 4 rings (SSSR count). The predicted octanol–water partition coefficient (Wildman–Crippen LogP) is 5.10. The number of aromatic nitrogens is 2. The number of esters is 1. The van der Waals surface area contributed by atoms with Gasteiger partial charge >= 0.3 is 5.97 Å². The van der Waals surface area contributed by atoms with Crippen LogP contribution < -0.4 is 10.5 Å². The maximum absolute atomic E-state index is 12.3. The number of nitrogens with one attached hydrogen (secondary N) is 1. The van der Waals surface area contributed by atoms with E-state index in [0.717, 1.165) is 22.0 Å². The Morgan fingerprint density at radius 2 is 1.92 bits per heavy atom. The van der Waals surface area contributed by atoms with Gasteiger partial charge in [-0.2, -0.15) is 5.10 Å². The number of nitrogens with two attached hydrogens (primary N) is 1. The molecule has 9 nitrogen and oxygen atoms in total. The highest BCUT2D eigenvalue weighted by Crippen LogP contribution is 2.35. The van der Waals surface area contributed by atoms with Gasteiger partial charge in [0.2, 0.25) is 0 Å². The molecule has 4 aromatic rings. The van der Waals surface area contributed by atoms with Crippen LogP contribution in [0.1, 0.15) is 49.2 Å². The molecule has 204 valence electrons. The number of nitrogen functional groups attached to an aromatic ring is 1. The topological polar surface area (TPSA) is 133 Å². The van der Waals surface area contributed by atoms with Crippen molar-refractivity contribution in [2.75, 3.05) is 13.7 Å². The molecule has 3 aromatic carbocycles. The van der Waals surface area contributed by atoms with Crippen molar-refractivity contribution in [3.05, 3.63) is 77.0 Å². The number of phenols is 1. The van der Waals surface area contributed by atoms with E-state index in [4.69, 9.17) is 30.5 Å². The molecule has 0 spiro atoms. The Morgan fingerprint density at radius 1 is 1.13 bits per heavy atom. The van der Waals surface area contributed by atoms with Crippen LogP contribution in [-0.2, 0) is 33.9 Å². The molecule has 0 saturated carbocycles. The standard InChI is InChI=1S/C30H34N4O5/c1-5-38-28(35)15-21-13-19(16-37-4)9-12-27(21)39-17-25-24-14-20(10-11-26(24)34(33-25)18(2)3)22-7-6-8-23(29(22)36)30(31)32/h6-14,18,36H,5,15-17H2,1-4H3,(H3,31,32). The van der Waals surface area contributed by atoms with Crippen molar-refractivity contribution in [3.8, 4) is 22.6 Å². The highest BCUT2D eigenvalue weighted by molar-refractivity contribution is 6.00. The monoisotopic (exact) mass is 530 g/mol. The molecule has 0 aliphatic carbocycles. The molecule has 0 bridgehead atoms. The molecular formula is C30H34N4O5. The van der Waals surface area contributed by atoms with Gasteiger partial charge in [0.15, 0.2) is 0 Å². The number of para-hydroxylation sites is 1. The van der Waals surface area contributed by atoms with Crippen LogP contribution in [0, 0.1) is 5.41 Å². The fourth-order valence-electron chi connectivity index (χ4n) is 4.55. The van der Waals surface area contributed by atoms with Gasteiger partial charge < -0.3 is 25.1 Å². The van der Waals surface area contributed by atoms with Gasteiger partial charge in [-0.15, -0.1) is 0 Å². The van der Waals surface area contributed by atoms with E-state index in [1.807, 2.05) is 41.1 Å². The van der Waals surface area contributed by atoms with E-state index in [1.165, 1.54) is 0 Å². The number of hydrogen-bond donors (Lipinski definition) is 3. The molecule has 0 atom stereocenters. The number of methoxy groups -OCH3 is 1. The molecule has 4 N–H and O–H groups in total. The summed E-state index contributed by atoms with van der Waals surface area (Å²) in [5.41, 5.74) is 10.5. The quantitative estimate of drug-likeness (QED) is 0.139. The van der Waals surface area contributed by atoms with E-state index in [-0.39, 0.29) is 42.2 Å². The first kappa shape index (κ1) is 27.7. The Balaban J connectivity index is 1.72. The molecule has 39 heavy (non-hydrogen) atoms. The summed E-state index contributed by atoms with van der Waals surface area (Å²) in [5, 5.41) is 24.3. The number of nitrogens with zero attached hydrogens (tertiary/aromatic N) is 2. The van der Waals surface area contributed by atoms with Gasteiger partial charge in [-0.3, -0.25) is 14.9 Å². The molecule has 0 saturated heterocycles. The number of amidine groups is 1. The van der Waals surface area contributed by atoms with Crippen LogP contribution in [0.4, 0.5) is 0 Å². The highest BCUT2D eigenvalue weighted by Gasteiger charge is 2.18. The molecule has 0 aliphatic heterocycles. The number of carbonyl (C=O) groups excluding carboxylic acids is 1. The zero-order valence-electron chi connectivity index (χ0n) is 22.7. The van der Waals surface area contributed by atoms with Crippen LogP contribution in [0.15, 0.2) is 54.6 Å². The second-order valence-corrected chi connectivity index (χ2v) is 9.48. The van der Waals surface area contributed by atoms with Gasteiger partial charge in [-0.05, 0) is 62.2 Å². The van der Waals surface area contributed by atoms with E-state index in [9.17, 15) is 9.90 Å². The number of benzene rings is 3. The van der Waals surface area contributed by atoms with Crippen molar-refractivity contribution in [2.24, 2.45) is 5.73 Å². The van der Waals surface area contributed by atoms with Gasteiger partial charge in [0.25, 0.3) is 0 Å². The van der Waals surface area contributed by atoms with Gasteiger partial charge in [0.05, 0.1) is 30.7 Å². The zero-order valence-corrected chi connectivity index (χ0v) is 22.7. The smallest absolute Gasteiger partial charge is 0.310 e. The van der Waals surface area contributed by atoms with E-state index >= 15 is 0 Å². The highest BCUT2D eigenvalue weighted by atomic mass is 16.5. The summed E-state index contributed by atoms with van der Waals surface area (Å²) in [5.74, 6) is -0.00718. The number of rotatable bonds is 11. The second kappa shape index (κ2) is 12.0.